The number of halogens is 1. The highest BCUT2D eigenvalue weighted by molar-refractivity contribution is 6.31. The maximum absolute atomic E-state index is 11.2. The first-order valence-corrected chi connectivity index (χ1v) is 6.90. The number of hydrogen-bond donors (Lipinski definition) is 1. The molecule has 0 aliphatic rings. The Labute approximate surface area is 122 Å². The number of carbonyl (C=O) groups is 1. The number of unbranched alkanes of at least 4 members (excludes halogenated alkanes) is 1. The number of aromatic carboxylic acids is 1. The summed E-state index contributed by atoms with van der Waals surface area (Å²) in [4.78, 5) is 11.2. The maximum atomic E-state index is 11.2. The number of carboxylic acids is 1. The smallest absolute Gasteiger partial charge is 0.358 e. The number of aromatic nitrogens is 3. The lowest BCUT2D eigenvalue weighted by molar-refractivity contribution is 0.0689. The van der Waals surface area contributed by atoms with Crippen molar-refractivity contribution in [2.45, 2.75) is 32.7 Å². The summed E-state index contributed by atoms with van der Waals surface area (Å²) in [5.41, 5.74) is 1.58. The van der Waals surface area contributed by atoms with Crippen LogP contribution in [0.15, 0.2) is 24.3 Å². The van der Waals surface area contributed by atoms with Crippen molar-refractivity contribution in [2.75, 3.05) is 0 Å². The summed E-state index contributed by atoms with van der Waals surface area (Å²) in [6, 6.07) is 7.45. The number of rotatable bonds is 6. The molecule has 5 nitrogen and oxygen atoms in total. The van der Waals surface area contributed by atoms with Gasteiger partial charge in [0.05, 0.1) is 12.2 Å². The molecule has 0 bridgehead atoms. The molecule has 106 valence electrons. The van der Waals surface area contributed by atoms with E-state index in [2.05, 4.69) is 17.2 Å². The Bertz CT molecular complexity index is 610. The van der Waals surface area contributed by atoms with Crippen molar-refractivity contribution in [3.63, 3.8) is 0 Å². The van der Waals surface area contributed by atoms with Crippen molar-refractivity contribution in [3.05, 3.63) is 46.2 Å². The molecular formula is C14H16ClN3O2. The van der Waals surface area contributed by atoms with Crippen molar-refractivity contribution in [1.29, 1.82) is 0 Å². The van der Waals surface area contributed by atoms with Gasteiger partial charge in [-0.3, -0.25) is 0 Å². The minimum atomic E-state index is -1.04. The van der Waals surface area contributed by atoms with E-state index in [0.29, 0.717) is 23.7 Å². The highest BCUT2D eigenvalue weighted by atomic mass is 35.5. The first-order valence-electron chi connectivity index (χ1n) is 6.52. The van der Waals surface area contributed by atoms with Crippen LogP contribution < -0.4 is 0 Å². The molecule has 0 amide bonds. The quantitative estimate of drug-likeness (QED) is 0.889. The molecule has 6 heteroatoms. The molecule has 2 rings (SSSR count). The van der Waals surface area contributed by atoms with E-state index < -0.39 is 5.97 Å². The van der Waals surface area contributed by atoms with E-state index in [4.69, 9.17) is 16.7 Å². The van der Waals surface area contributed by atoms with E-state index in [1.165, 1.54) is 0 Å². The zero-order valence-corrected chi connectivity index (χ0v) is 12.0. The molecule has 0 unspecified atom stereocenters. The lowest BCUT2D eigenvalue weighted by Gasteiger charge is -2.08. The van der Waals surface area contributed by atoms with Gasteiger partial charge in [-0.2, -0.15) is 0 Å². The second-order valence-electron chi connectivity index (χ2n) is 4.54. The van der Waals surface area contributed by atoms with Gasteiger partial charge in [-0.05, 0) is 24.5 Å². The third-order valence-electron chi connectivity index (χ3n) is 3.09. The van der Waals surface area contributed by atoms with Gasteiger partial charge in [0.2, 0.25) is 0 Å². The van der Waals surface area contributed by atoms with Crippen LogP contribution in [0.25, 0.3) is 0 Å². The van der Waals surface area contributed by atoms with Gasteiger partial charge in [0.25, 0.3) is 0 Å². The fourth-order valence-electron chi connectivity index (χ4n) is 2.01. The molecule has 0 aliphatic heterocycles. The van der Waals surface area contributed by atoms with E-state index in [1.54, 1.807) is 10.7 Å². The molecule has 2 aromatic rings. The molecule has 1 heterocycles. The molecular weight excluding hydrogens is 278 g/mol. The third-order valence-corrected chi connectivity index (χ3v) is 3.45. The van der Waals surface area contributed by atoms with Crippen molar-refractivity contribution in [3.8, 4) is 0 Å². The molecule has 0 fully saturated rings. The summed E-state index contributed by atoms with van der Waals surface area (Å²) in [6.45, 7) is 2.49. The number of nitrogens with zero attached hydrogens (tertiary/aromatic N) is 3. The highest BCUT2D eigenvalue weighted by Crippen LogP contribution is 2.18. The first-order chi connectivity index (χ1) is 9.63. The Morgan fingerprint density at radius 2 is 2.15 bits per heavy atom. The summed E-state index contributed by atoms with van der Waals surface area (Å²) in [5, 5.41) is 17.5. The number of carboxylic acid groups (broad SMARTS) is 1. The van der Waals surface area contributed by atoms with Crippen molar-refractivity contribution in [1.82, 2.24) is 15.0 Å². The van der Waals surface area contributed by atoms with Crippen LogP contribution in [-0.2, 0) is 13.0 Å². The summed E-state index contributed by atoms with van der Waals surface area (Å²) in [6.07, 6.45) is 2.53. The second kappa shape index (κ2) is 6.52. The lowest BCUT2D eigenvalue weighted by atomic mass is 10.1. The van der Waals surface area contributed by atoms with Crippen LogP contribution >= 0.6 is 11.6 Å². The van der Waals surface area contributed by atoms with Gasteiger partial charge < -0.3 is 5.11 Å². The fraction of sp³-hybridized carbons (Fsp3) is 0.357. The van der Waals surface area contributed by atoms with Gasteiger partial charge in [-0.25, -0.2) is 9.48 Å². The Balaban J connectivity index is 2.31. The maximum Gasteiger partial charge on any atom is 0.358 e. The Kier molecular flexibility index (Phi) is 4.74. The monoisotopic (exact) mass is 293 g/mol. The predicted octanol–water partition coefficient (Wildman–Crippen LogP) is 3.02. The van der Waals surface area contributed by atoms with Gasteiger partial charge >= 0.3 is 5.97 Å². The van der Waals surface area contributed by atoms with E-state index in [1.807, 2.05) is 18.2 Å². The number of hydrogen-bond acceptors (Lipinski definition) is 3. The normalized spacial score (nSPS) is 10.7. The highest BCUT2D eigenvalue weighted by Gasteiger charge is 2.18. The first kappa shape index (κ1) is 14.5. The molecule has 0 spiro atoms. The molecule has 0 atom stereocenters. The standard InChI is InChI=1S/C14H16ClN3O2/c1-2-3-8-12-13(14(19)20)16-17-18(12)9-10-6-4-5-7-11(10)15/h4-7H,2-3,8-9H2,1H3,(H,19,20). The van der Waals surface area contributed by atoms with Crippen LogP contribution in [0.3, 0.4) is 0 Å². The van der Waals surface area contributed by atoms with E-state index >= 15 is 0 Å². The predicted molar refractivity (Wildman–Crippen MR) is 76.1 cm³/mol. The zero-order valence-electron chi connectivity index (χ0n) is 11.2. The van der Waals surface area contributed by atoms with Gasteiger partial charge in [0, 0.05) is 5.02 Å². The van der Waals surface area contributed by atoms with Crippen LogP contribution in [0.4, 0.5) is 0 Å². The molecule has 0 saturated carbocycles. The SMILES string of the molecule is CCCCc1c(C(=O)O)nnn1Cc1ccccc1Cl. The van der Waals surface area contributed by atoms with Crippen molar-refractivity contribution >= 4 is 17.6 Å². The van der Waals surface area contributed by atoms with Crippen molar-refractivity contribution in [2.24, 2.45) is 0 Å². The topological polar surface area (TPSA) is 68.0 Å². The largest absolute Gasteiger partial charge is 0.476 e. The van der Waals surface area contributed by atoms with Crippen LogP contribution in [0.5, 0.6) is 0 Å². The summed E-state index contributed by atoms with van der Waals surface area (Å²) >= 11 is 6.12. The second-order valence-corrected chi connectivity index (χ2v) is 4.95. The minimum Gasteiger partial charge on any atom is -0.476 e. The van der Waals surface area contributed by atoms with Gasteiger partial charge in [-0.15, -0.1) is 5.10 Å². The molecule has 20 heavy (non-hydrogen) atoms. The van der Waals surface area contributed by atoms with E-state index in [9.17, 15) is 4.79 Å². The van der Waals surface area contributed by atoms with Gasteiger partial charge in [0.15, 0.2) is 5.69 Å². The van der Waals surface area contributed by atoms with Crippen LogP contribution in [0, 0.1) is 0 Å². The molecule has 1 aromatic carbocycles. The summed E-state index contributed by atoms with van der Waals surface area (Å²) in [5.74, 6) is -1.04. The molecule has 0 saturated heterocycles. The Hall–Kier alpha value is -1.88. The summed E-state index contributed by atoms with van der Waals surface area (Å²) in [7, 11) is 0. The lowest BCUT2D eigenvalue weighted by Crippen LogP contribution is -2.10. The number of benzene rings is 1. The van der Waals surface area contributed by atoms with E-state index in [0.717, 1.165) is 18.4 Å². The molecule has 1 aromatic heterocycles. The Morgan fingerprint density at radius 1 is 1.40 bits per heavy atom. The zero-order chi connectivity index (χ0) is 14.5. The van der Waals surface area contributed by atoms with Crippen LogP contribution in [0.2, 0.25) is 5.02 Å². The Morgan fingerprint density at radius 3 is 2.80 bits per heavy atom. The third kappa shape index (κ3) is 3.17. The van der Waals surface area contributed by atoms with E-state index in [-0.39, 0.29) is 5.69 Å². The van der Waals surface area contributed by atoms with Crippen LogP contribution in [-0.4, -0.2) is 26.1 Å². The van der Waals surface area contributed by atoms with Gasteiger partial charge in [0.1, 0.15) is 0 Å². The molecule has 1 N–H and O–H groups in total. The fourth-order valence-corrected chi connectivity index (χ4v) is 2.20. The molecule has 0 aliphatic carbocycles. The van der Waals surface area contributed by atoms with Crippen molar-refractivity contribution < 1.29 is 9.90 Å². The summed E-state index contributed by atoms with van der Waals surface area (Å²) < 4.78 is 1.63. The average molecular weight is 294 g/mol. The van der Waals surface area contributed by atoms with Crippen LogP contribution in [0.1, 0.15) is 41.5 Å². The minimum absolute atomic E-state index is 0.0329. The molecule has 0 radical (unpaired) electrons. The van der Waals surface area contributed by atoms with Gasteiger partial charge in [-0.1, -0.05) is 48.4 Å². The average Bonchev–Trinajstić information content (AvgIpc) is 2.82.